The van der Waals surface area contributed by atoms with E-state index in [0.29, 0.717) is 0 Å². The van der Waals surface area contributed by atoms with Gasteiger partial charge in [-0.05, 0) is 31.8 Å². The van der Waals surface area contributed by atoms with E-state index in [2.05, 4.69) is 19.0 Å². The third-order valence-corrected chi connectivity index (χ3v) is 3.59. The standard InChI is InChI=1S/C13H22N2OS/c1-15(2)8-9-17-10-13(14)11-4-6-12(16-3)7-5-11/h4-7,13H,8-10,14H2,1-3H3. The number of benzene rings is 1. The van der Waals surface area contributed by atoms with E-state index < -0.39 is 0 Å². The van der Waals surface area contributed by atoms with Gasteiger partial charge in [0, 0.05) is 24.1 Å². The van der Waals surface area contributed by atoms with Gasteiger partial charge in [-0.2, -0.15) is 11.8 Å². The highest BCUT2D eigenvalue weighted by atomic mass is 32.2. The normalized spacial score (nSPS) is 12.8. The summed E-state index contributed by atoms with van der Waals surface area (Å²) >= 11 is 1.90. The van der Waals surface area contributed by atoms with Gasteiger partial charge >= 0.3 is 0 Å². The first kappa shape index (κ1) is 14.4. The lowest BCUT2D eigenvalue weighted by atomic mass is 10.1. The topological polar surface area (TPSA) is 38.5 Å². The average Bonchev–Trinajstić information content (AvgIpc) is 2.34. The molecule has 0 spiro atoms. The number of rotatable bonds is 7. The summed E-state index contributed by atoms with van der Waals surface area (Å²) in [4.78, 5) is 2.19. The third-order valence-electron chi connectivity index (χ3n) is 2.52. The Labute approximate surface area is 108 Å². The molecule has 0 amide bonds. The van der Waals surface area contributed by atoms with Crippen molar-refractivity contribution in [1.82, 2.24) is 4.90 Å². The van der Waals surface area contributed by atoms with Crippen molar-refractivity contribution in [3.63, 3.8) is 0 Å². The lowest BCUT2D eigenvalue weighted by Gasteiger charge is -2.13. The lowest BCUT2D eigenvalue weighted by Crippen LogP contribution is -2.17. The van der Waals surface area contributed by atoms with E-state index in [4.69, 9.17) is 10.5 Å². The zero-order valence-corrected chi connectivity index (χ0v) is 11.7. The molecule has 1 unspecified atom stereocenters. The van der Waals surface area contributed by atoms with Crippen LogP contribution in [0.1, 0.15) is 11.6 Å². The van der Waals surface area contributed by atoms with Crippen LogP contribution in [0.15, 0.2) is 24.3 Å². The number of thioether (sulfide) groups is 1. The van der Waals surface area contributed by atoms with Crippen LogP contribution < -0.4 is 10.5 Å². The smallest absolute Gasteiger partial charge is 0.118 e. The zero-order chi connectivity index (χ0) is 12.7. The van der Waals surface area contributed by atoms with Gasteiger partial charge in [-0.25, -0.2) is 0 Å². The van der Waals surface area contributed by atoms with Crippen molar-refractivity contribution in [1.29, 1.82) is 0 Å². The SMILES string of the molecule is COc1ccc(C(N)CSCCN(C)C)cc1. The number of hydrogen-bond acceptors (Lipinski definition) is 4. The van der Waals surface area contributed by atoms with E-state index in [1.807, 2.05) is 36.0 Å². The highest BCUT2D eigenvalue weighted by molar-refractivity contribution is 7.99. The molecule has 0 aliphatic heterocycles. The largest absolute Gasteiger partial charge is 0.497 e. The second-order valence-electron chi connectivity index (χ2n) is 4.26. The molecule has 0 saturated heterocycles. The van der Waals surface area contributed by atoms with Crippen LogP contribution in [0.25, 0.3) is 0 Å². The van der Waals surface area contributed by atoms with Crippen LogP contribution in [0.3, 0.4) is 0 Å². The second kappa shape index (κ2) is 7.58. The molecule has 0 aliphatic carbocycles. The van der Waals surface area contributed by atoms with Gasteiger partial charge in [0.15, 0.2) is 0 Å². The molecular weight excluding hydrogens is 232 g/mol. The summed E-state index contributed by atoms with van der Waals surface area (Å²) in [6.07, 6.45) is 0. The van der Waals surface area contributed by atoms with Gasteiger partial charge in [0.05, 0.1) is 7.11 Å². The van der Waals surface area contributed by atoms with Gasteiger partial charge in [-0.15, -0.1) is 0 Å². The predicted molar refractivity (Wildman–Crippen MR) is 75.8 cm³/mol. The van der Waals surface area contributed by atoms with Gasteiger partial charge in [0.25, 0.3) is 0 Å². The molecule has 0 radical (unpaired) electrons. The first-order valence-corrected chi connectivity index (χ1v) is 6.91. The number of ether oxygens (including phenoxy) is 1. The Morgan fingerprint density at radius 1 is 1.29 bits per heavy atom. The maximum atomic E-state index is 6.13. The molecule has 17 heavy (non-hydrogen) atoms. The van der Waals surface area contributed by atoms with E-state index >= 15 is 0 Å². The van der Waals surface area contributed by atoms with E-state index in [9.17, 15) is 0 Å². The molecule has 2 N–H and O–H groups in total. The van der Waals surface area contributed by atoms with Crippen molar-refractivity contribution in [2.24, 2.45) is 5.73 Å². The number of nitrogens with two attached hydrogens (primary N) is 1. The lowest BCUT2D eigenvalue weighted by molar-refractivity contribution is 0.414. The first-order valence-electron chi connectivity index (χ1n) is 5.75. The maximum absolute atomic E-state index is 6.13. The molecular formula is C13H22N2OS. The minimum absolute atomic E-state index is 0.105. The predicted octanol–water partition coefficient (Wildman–Crippen LogP) is 1.99. The van der Waals surface area contributed by atoms with Crippen LogP contribution in [0.4, 0.5) is 0 Å². The fraction of sp³-hybridized carbons (Fsp3) is 0.538. The van der Waals surface area contributed by atoms with E-state index in [1.54, 1.807) is 7.11 Å². The summed E-state index contributed by atoms with van der Waals surface area (Å²) < 4.78 is 5.12. The monoisotopic (exact) mass is 254 g/mol. The summed E-state index contributed by atoms with van der Waals surface area (Å²) in [7, 11) is 5.85. The van der Waals surface area contributed by atoms with E-state index in [1.165, 1.54) is 5.56 Å². The van der Waals surface area contributed by atoms with Crippen LogP contribution in [0.2, 0.25) is 0 Å². The number of nitrogens with zero attached hydrogens (tertiary/aromatic N) is 1. The van der Waals surface area contributed by atoms with Crippen molar-refractivity contribution in [2.75, 3.05) is 39.3 Å². The Morgan fingerprint density at radius 2 is 1.94 bits per heavy atom. The second-order valence-corrected chi connectivity index (χ2v) is 5.41. The van der Waals surface area contributed by atoms with Gasteiger partial charge in [0.2, 0.25) is 0 Å². The molecule has 0 aliphatic rings. The molecule has 1 atom stereocenters. The highest BCUT2D eigenvalue weighted by Crippen LogP contribution is 2.19. The van der Waals surface area contributed by atoms with Crippen LogP contribution in [-0.4, -0.2) is 44.2 Å². The van der Waals surface area contributed by atoms with Gasteiger partial charge in [-0.1, -0.05) is 12.1 Å². The fourth-order valence-electron chi connectivity index (χ4n) is 1.40. The quantitative estimate of drug-likeness (QED) is 0.755. The van der Waals surface area contributed by atoms with Crippen molar-refractivity contribution < 1.29 is 4.74 Å². The van der Waals surface area contributed by atoms with Gasteiger partial charge in [-0.3, -0.25) is 0 Å². The minimum atomic E-state index is 0.105. The molecule has 3 nitrogen and oxygen atoms in total. The van der Waals surface area contributed by atoms with Crippen LogP contribution in [-0.2, 0) is 0 Å². The van der Waals surface area contributed by atoms with Crippen LogP contribution in [0, 0.1) is 0 Å². The molecule has 0 heterocycles. The molecule has 4 heteroatoms. The Hall–Kier alpha value is -0.710. The Balaban J connectivity index is 2.33. The van der Waals surface area contributed by atoms with E-state index in [0.717, 1.165) is 23.8 Å². The molecule has 0 saturated carbocycles. The van der Waals surface area contributed by atoms with Crippen molar-refractivity contribution >= 4 is 11.8 Å². The average molecular weight is 254 g/mol. The van der Waals surface area contributed by atoms with Crippen molar-refractivity contribution in [3.05, 3.63) is 29.8 Å². The van der Waals surface area contributed by atoms with Crippen molar-refractivity contribution in [3.8, 4) is 5.75 Å². The fourth-order valence-corrected chi connectivity index (χ4v) is 2.51. The van der Waals surface area contributed by atoms with Crippen molar-refractivity contribution in [2.45, 2.75) is 6.04 Å². The molecule has 0 aromatic heterocycles. The minimum Gasteiger partial charge on any atom is -0.497 e. The Kier molecular flexibility index (Phi) is 6.40. The number of methoxy groups -OCH3 is 1. The van der Waals surface area contributed by atoms with E-state index in [-0.39, 0.29) is 6.04 Å². The molecule has 1 aromatic rings. The molecule has 1 rings (SSSR count). The van der Waals surface area contributed by atoms with Gasteiger partial charge in [0.1, 0.15) is 5.75 Å². The summed E-state index contributed by atoms with van der Waals surface area (Å²) in [6, 6.07) is 8.10. The highest BCUT2D eigenvalue weighted by Gasteiger charge is 2.06. The molecule has 1 aromatic carbocycles. The zero-order valence-electron chi connectivity index (χ0n) is 10.8. The molecule has 0 fully saturated rings. The summed E-state index contributed by atoms with van der Waals surface area (Å²) in [6.45, 7) is 1.10. The maximum Gasteiger partial charge on any atom is 0.118 e. The van der Waals surface area contributed by atoms with Crippen LogP contribution >= 0.6 is 11.8 Å². The van der Waals surface area contributed by atoms with Gasteiger partial charge < -0.3 is 15.4 Å². The Morgan fingerprint density at radius 3 is 2.47 bits per heavy atom. The summed E-state index contributed by atoms with van der Waals surface area (Å²) in [5.41, 5.74) is 7.30. The summed E-state index contributed by atoms with van der Waals surface area (Å²) in [5.74, 6) is 2.96. The number of hydrogen-bond donors (Lipinski definition) is 1. The van der Waals surface area contributed by atoms with Crippen LogP contribution in [0.5, 0.6) is 5.75 Å². The molecule has 96 valence electrons. The first-order chi connectivity index (χ1) is 8.13. The third kappa shape index (κ3) is 5.44. The summed E-state index contributed by atoms with van der Waals surface area (Å²) in [5, 5.41) is 0. The Bertz CT molecular complexity index is 314. The molecule has 0 bridgehead atoms.